The number of Topliss-reactive ketones (excluding diaryl/α,β-unsaturated/α-hetero) is 1. The van der Waals surface area contributed by atoms with Crippen LogP contribution in [0.1, 0.15) is 79.6 Å². The minimum Gasteiger partial charge on any atom is -0.404 e. The number of carbonyl (C=O) groups is 2. The molecule has 4 aliphatic rings. The molecule has 0 radical (unpaired) electrons. The average Bonchev–Trinajstić information content (AvgIpc) is 3.17. The monoisotopic (exact) mass is 533 g/mol. The molecule has 212 valence electrons. The molecule has 11 nitrogen and oxygen atoms in total. The quantitative estimate of drug-likeness (QED) is 0.0585. The van der Waals surface area contributed by atoms with Crippen LogP contribution >= 0.6 is 0 Å². The van der Waals surface area contributed by atoms with Gasteiger partial charge in [-0.2, -0.15) is 0 Å². The number of carbonyl (C=O) groups excluding carboxylic acids is 2. The van der Waals surface area contributed by atoms with Gasteiger partial charge < -0.3 is 20.4 Å². The molecule has 3 aliphatic carbocycles. The first-order chi connectivity index (χ1) is 17.8. The smallest absolute Gasteiger partial charge is 0.404 e. The van der Waals surface area contributed by atoms with Crippen LogP contribution in [-0.2, 0) is 18.9 Å². The molecule has 3 saturated carbocycles. The highest BCUT2D eigenvalue weighted by Gasteiger charge is 2.68. The zero-order valence-electron chi connectivity index (χ0n) is 23.4. The third-order valence-electron chi connectivity index (χ3n) is 8.77. The van der Waals surface area contributed by atoms with E-state index in [1.807, 2.05) is 0 Å². The van der Waals surface area contributed by atoms with Gasteiger partial charge in [-0.05, 0) is 62.2 Å². The Morgan fingerprint density at radius 3 is 2.63 bits per heavy atom. The molecular formula is C26H44BN5O6. The van der Waals surface area contributed by atoms with Crippen molar-refractivity contribution in [2.75, 3.05) is 6.54 Å². The van der Waals surface area contributed by atoms with Crippen molar-refractivity contribution >= 4 is 24.8 Å². The molecule has 38 heavy (non-hydrogen) atoms. The molecule has 0 spiro atoms. The van der Waals surface area contributed by atoms with E-state index in [-0.39, 0.29) is 60.1 Å². The molecule has 0 unspecified atom stereocenters. The topological polar surface area (TPSA) is 158 Å². The number of nitro groups is 1. The van der Waals surface area contributed by atoms with Gasteiger partial charge in [0.2, 0.25) is 5.91 Å². The summed E-state index contributed by atoms with van der Waals surface area (Å²) in [5.74, 6) is -0.201. The number of nitrogens with zero attached hydrogens (tertiary/aromatic N) is 2. The van der Waals surface area contributed by atoms with E-state index in [0.717, 1.165) is 12.8 Å². The van der Waals surface area contributed by atoms with Gasteiger partial charge in [0.25, 0.3) is 5.96 Å². The lowest BCUT2D eigenvalue weighted by molar-refractivity contribution is -0.525. The molecule has 0 aromatic rings. The number of aliphatic imine (C=N–C) groups is 1. The Morgan fingerprint density at radius 2 is 2.03 bits per heavy atom. The number of hydrazine groups is 1. The molecule has 4 N–H and O–H groups in total. The summed E-state index contributed by atoms with van der Waals surface area (Å²) in [7, 11) is -0.548. The third-order valence-corrected chi connectivity index (χ3v) is 8.77. The number of nitrogens with one attached hydrogen (secondary N) is 2. The summed E-state index contributed by atoms with van der Waals surface area (Å²) in [6.45, 7) is 14.8. The molecule has 1 amide bonds. The predicted molar refractivity (Wildman–Crippen MR) is 145 cm³/mol. The van der Waals surface area contributed by atoms with Gasteiger partial charge in [0.15, 0.2) is 5.03 Å². The average molecular weight is 533 g/mol. The van der Waals surface area contributed by atoms with Crippen LogP contribution in [0.15, 0.2) is 17.6 Å². The number of hydrogen-bond acceptors (Lipinski definition) is 7. The molecule has 1 saturated heterocycles. The molecular weight excluding hydrogens is 489 g/mol. The summed E-state index contributed by atoms with van der Waals surface area (Å²) in [6, 6.07) is 0. The number of nitrogens with two attached hydrogens (primary N) is 1. The number of hydrogen-bond donors (Lipinski definition) is 3. The summed E-state index contributed by atoms with van der Waals surface area (Å²) in [4.78, 5) is 40.3. The van der Waals surface area contributed by atoms with E-state index in [2.05, 4.69) is 51.5 Å². The van der Waals surface area contributed by atoms with Crippen molar-refractivity contribution in [3.8, 4) is 0 Å². The number of ketones is 1. The second kappa shape index (κ2) is 12.2. The summed E-state index contributed by atoms with van der Waals surface area (Å²) >= 11 is 0. The summed E-state index contributed by atoms with van der Waals surface area (Å²) in [5.41, 5.74) is 7.10. The van der Waals surface area contributed by atoms with Gasteiger partial charge in [-0.15, -0.1) is 6.58 Å². The van der Waals surface area contributed by atoms with Gasteiger partial charge in [-0.3, -0.25) is 9.59 Å². The van der Waals surface area contributed by atoms with E-state index in [4.69, 9.17) is 15.0 Å². The van der Waals surface area contributed by atoms with Gasteiger partial charge >= 0.3 is 7.12 Å². The van der Waals surface area contributed by atoms with E-state index >= 15 is 0 Å². The maximum absolute atomic E-state index is 13.5. The van der Waals surface area contributed by atoms with Crippen molar-refractivity contribution in [2.24, 2.45) is 39.8 Å². The normalized spacial score (nSPS) is 29.2. The van der Waals surface area contributed by atoms with Crippen molar-refractivity contribution in [3.63, 3.8) is 0 Å². The van der Waals surface area contributed by atoms with Gasteiger partial charge in [0.05, 0.1) is 17.6 Å². The summed E-state index contributed by atoms with van der Waals surface area (Å²) in [6.07, 6.45) is 5.40. The van der Waals surface area contributed by atoms with E-state index in [0.29, 0.717) is 37.0 Å². The second-order valence-corrected chi connectivity index (χ2v) is 12.3. The fraction of sp³-hybridized carbons (Fsp3) is 0.808. The van der Waals surface area contributed by atoms with Gasteiger partial charge in [-0.25, -0.2) is 15.1 Å². The van der Waals surface area contributed by atoms with Crippen LogP contribution in [0.3, 0.4) is 0 Å². The van der Waals surface area contributed by atoms with Crippen LogP contribution in [0.5, 0.6) is 0 Å². The van der Waals surface area contributed by atoms with Crippen LogP contribution in [0.25, 0.3) is 0 Å². The van der Waals surface area contributed by atoms with Crippen molar-refractivity contribution in [2.45, 2.75) is 97.2 Å². The molecule has 4 fully saturated rings. The Hall–Kier alpha value is -2.47. The Kier molecular flexibility index (Phi) is 9.62. The number of allylic oxidation sites excluding steroid dienone is 1. The SMILES string of the molecule is C=CCC(=O)C[C@@H](CCCN=C(N)N[N+](=O)[O-])C(=O)N[C@@H](CC(C)C)B1O[C@@H]2C[C@H]3C[C@H](C3(C)C)[C@]2(C)O1. The van der Waals surface area contributed by atoms with Crippen LogP contribution < -0.4 is 16.5 Å². The first kappa shape index (κ1) is 30.1. The molecule has 2 bridgehead atoms. The highest BCUT2D eigenvalue weighted by Crippen LogP contribution is 2.65. The van der Waals surface area contributed by atoms with Gasteiger partial charge in [0, 0.05) is 25.3 Å². The third kappa shape index (κ3) is 6.75. The van der Waals surface area contributed by atoms with E-state index in [1.165, 1.54) is 6.08 Å². The molecule has 0 aromatic heterocycles. The first-order valence-corrected chi connectivity index (χ1v) is 13.7. The van der Waals surface area contributed by atoms with Crippen LogP contribution in [-0.4, -0.2) is 54.0 Å². The lowest BCUT2D eigenvalue weighted by Gasteiger charge is -2.64. The van der Waals surface area contributed by atoms with Crippen molar-refractivity contribution < 1.29 is 23.9 Å². The zero-order chi connectivity index (χ0) is 28.3. The fourth-order valence-electron chi connectivity index (χ4n) is 6.63. The number of amides is 1. The Labute approximate surface area is 226 Å². The van der Waals surface area contributed by atoms with E-state index in [9.17, 15) is 19.7 Å². The summed E-state index contributed by atoms with van der Waals surface area (Å²) < 4.78 is 13.1. The largest absolute Gasteiger partial charge is 0.481 e. The van der Waals surface area contributed by atoms with Crippen LogP contribution in [0.2, 0.25) is 0 Å². The van der Waals surface area contributed by atoms with Gasteiger partial charge in [-0.1, -0.05) is 39.2 Å². The predicted octanol–water partition coefficient (Wildman–Crippen LogP) is 2.81. The highest BCUT2D eigenvalue weighted by atomic mass is 16.7. The van der Waals surface area contributed by atoms with Crippen molar-refractivity contribution in [1.29, 1.82) is 0 Å². The molecule has 12 heteroatoms. The number of guanidine groups is 1. The molecule has 1 aliphatic heterocycles. The molecule has 0 aromatic carbocycles. The zero-order valence-corrected chi connectivity index (χ0v) is 23.4. The fourth-order valence-corrected chi connectivity index (χ4v) is 6.63. The maximum atomic E-state index is 13.5. The molecule has 4 rings (SSSR count). The van der Waals surface area contributed by atoms with Gasteiger partial charge in [0.1, 0.15) is 5.78 Å². The van der Waals surface area contributed by atoms with Crippen LogP contribution in [0.4, 0.5) is 0 Å². The lowest BCUT2D eigenvalue weighted by Crippen LogP contribution is -2.65. The number of rotatable bonds is 14. The Morgan fingerprint density at radius 1 is 1.32 bits per heavy atom. The van der Waals surface area contributed by atoms with E-state index in [1.54, 1.807) is 5.43 Å². The Balaban J connectivity index is 1.68. The Bertz CT molecular complexity index is 943. The maximum Gasteiger partial charge on any atom is 0.481 e. The van der Waals surface area contributed by atoms with Crippen LogP contribution in [0, 0.1) is 39.2 Å². The summed E-state index contributed by atoms with van der Waals surface area (Å²) in [5, 5.41) is 12.9. The first-order valence-electron chi connectivity index (χ1n) is 13.7. The standard InChI is InChI=1S/C26H44BN5O6/c1-7-9-19(33)13-17(10-8-11-29-24(28)31-32(35)36)23(34)30-22(12-16(2)3)27-37-21-15-18-14-20(25(18,4)5)26(21,6)38-27/h7,16-18,20-22H,1,8-15H2,2-6H3,(H,30,34)(H3,28,29,31)/t17-,18-,20-,21-,22+,26+/m1/s1. The minimum absolute atomic E-state index is 0.0110. The van der Waals surface area contributed by atoms with Crippen molar-refractivity contribution in [3.05, 3.63) is 22.8 Å². The second-order valence-electron chi connectivity index (χ2n) is 12.3. The highest BCUT2D eigenvalue weighted by molar-refractivity contribution is 6.47. The molecule has 1 heterocycles. The van der Waals surface area contributed by atoms with Crippen molar-refractivity contribution in [1.82, 2.24) is 10.7 Å². The lowest BCUT2D eigenvalue weighted by atomic mass is 9.43. The molecule has 6 atom stereocenters. The minimum atomic E-state index is -0.786. The van der Waals surface area contributed by atoms with E-state index < -0.39 is 18.1 Å².